The number of hydrogen-bond acceptors (Lipinski definition) is 5. The predicted octanol–water partition coefficient (Wildman–Crippen LogP) is 2.83. The molecule has 136 valence electrons. The molecule has 6 nitrogen and oxygen atoms in total. The summed E-state index contributed by atoms with van der Waals surface area (Å²) >= 11 is 0. The Labute approximate surface area is 143 Å². The highest BCUT2D eigenvalue weighted by molar-refractivity contribution is 5.94. The summed E-state index contributed by atoms with van der Waals surface area (Å²) in [5.74, 6) is -1.84. The first-order valence-electron chi connectivity index (χ1n) is 7.71. The molecule has 9 heteroatoms. The van der Waals surface area contributed by atoms with Crippen molar-refractivity contribution in [3.05, 3.63) is 35.7 Å². The summed E-state index contributed by atoms with van der Waals surface area (Å²) in [6.07, 6.45) is -4.69. The molecule has 0 saturated carbocycles. The Bertz CT molecular complexity index is 713. The summed E-state index contributed by atoms with van der Waals surface area (Å²) in [5, 5.41) is 6.17. The van der Waals surface area contributed by atoms with Crippen LogP contribution in [0, 0.1) is 0 Å². The summed E-state index contributed by atoms with van der Waals surface area (Å²) in [6.45, 7) is 5.51. The van der Waals surface area contributed by atoms with Gasteiger partial charge >= 0.3 is 12.1 Å². The molecule has 2 aromatic rings. The maximum absolute atomic E-state index is 12.5. The minimum Gasteiger partial charge on any atom is -0.348 e. The van der Waals surface area contributed by atoms with Gasteiger partial charge in [0.2, 0.25) is 5.82 Å². The van der Waals surface area contributed by atoms with Crippen LogP contribution in [0.1, 0.15) is 30.1 Å². The minimum atomic E-state index is -4.69. The molecule has 0 aliphatic heterocycles. The van der Waals surface area contributed by atoms with Crippen LogP contribution in [-0.2, 0) is 6.18 Å². The molecule has 25 heavy (non-hydrogen) atoms. The maximum Gasteiger partial charge on any atom is 0.471 e. The Hall–Kier alpha value is -2.42. The van der Waals surface area contributed by atoms with Gasteiger partial charge in [0.05, 0.1) is 0 Å². The van der Waals surface area contributed by atoms with E-state index in [1.54, 1.807) is 0 Å². The zero-order chi connectivity index (χ0) is 18.6. The van der Waals surface area contributed by atoms with E-state index in [0.717, 1.165) is 6.54 Å². The van der Waals surface area contributed by atoms with Crippen molar-refractivity contribution in [1.29, 1.82) is 0 Å². The molecule has 0 fully saturated rings. The molecular weight excluding hydrogens is 337 g/mol. The number of likely N-dealkylation sites (N-methyl/N-ethyl adjacent to an activating group) is 1. The van der Waals surface area contributed by atoms with E-state index in [9.17, 15) is 18.0 Å². The number of nitrogens with zero attached hydrogens (tertiary/aromatic N) is 3. The lowest BCUT2D eigenvalue weighted by atomic mass is 10.1. The second kappa shape index (κ2) is 7.64. The maximum atomic E-state index is 12.5. The van der Waals surface area contributed by atoms with E-state index in [-0.39, 0.29) is 17.8 Å². The highest BCUT2D eigenvalue weighted by Crippen LogP contribution is 2.29. The van der Waals surface area contributed by atoms with Gasteiger partial charge in [-0.15, -0.1) is 0 Å². The van der Waals surface area contributed by atoms with Gasteiger partial charge in [-0.05, 0) is 32.6 Å². The van der Waals surface area contributed by atoms with Gasteiger partial charge in [0.15, 0.2) is 0 Å². The molecule has 1 heterocycles. The van der Waals surface area contributed by atoms with Crippen LogP contribution in [0.15, 0.2) is 28.8 Å². The lowest BCUT2D eigenvalue weighted by Crippen LogP contribution is -2.40. The van der Waals surface area contributed by atoms with Gasteiger partial charge in [0, 0.05) is 23.7 Å². The third-order valence-corrected chi connectivity index (χ3v) is 3.58. The smallest absolute Gasteiger partial charge is 0.348 e. The van der Waals surface area contributed by atoms with Crippen molar-refractivity contribution < 1.29 is 22.5 Å². The summed E-state index contributed by atoms with van der Waals surface area (Å²) in [7, 11) is 1.96. The molecule has 0 aliphatic carbocycles. The summed E-state index contributed by atoms with van der Waals surface area (Å²) in [5.41, 5.74) is 0.726. The van der Waals surface area contributed by atoms with Gasteiger partial charge in [-0.2, -0.15) is 18.2 Å². The SMILES string of the molecule is CCN(C)CC(C)NC(=O)c1ccc(-c2noc(C(F)(F)F)n2)cc1. The predicted molar refractivity (Wildman–Crippen MR) is 84.8 cm³/mol. The zero-order valence-electron chi connectivity index (χ0n) is 14.1. The number of halogens is 3. The lowest BCUT2D eigenvalue weighted by molar-refractivity contribution is -0.159. The average molecular weight is 356 g/mol. The molecule has 1 atom stereocenters. The molecule has 1 aromatic heterocycles. The molecule has 0 spiro atoms. The van der Waals surface area contributed by atoms with E-state index < -0.39 is 12.1 Å². The molecule has 0 radical (unpaired) electrons. The standard InChI is InChI=1S/C16H19F3N4O2/c1-4-23(3)9-10(2)20-14(24)12-7-5-11(6-8-12)13-21-15(25-22-13)16(17,18)19/h5-8,10H,4,9H2,1-3H3,(H,20,24). The van der Waals surface area contributed by atoms with Crippen LogP contribution >= 0.6 is 0 Å². The van der Waals surface area contributed by atoms with Crippen LogP contribution in [0.5, 0.6) is 0 Å². The van der Waals surface area contributed by atoms with Crippen molar-refractivity contribution in [2.24, 2.45) is 0 Å². The second-order valence-corrected chi connectivity index (χ2v) is 5.73. The van der Waals surface area contributed by atoms with Gasteiger partial charge < -0.3 is 14.7 Å². The Kier molecular flexibility index (Phi) is 5.78. The molecule has 2 rings (SSSR count). The molecule has 1 aromatic carbocycles. The third-order valence-electron chi connectivity index (χ3n) is 3.58. The van der Waals surface area contributed by atoms with Crippen LogP contribution in [-0.4, -0.2) is 47.1 Å². The Morgan fingerprint density at radius 3 is 2.48 bits per heavy atom. The van der Waals surface area contributed by atoms with Crippen molar-refractivity contribution in [1.82, 2.24) is 20.4 Å². The first kappa shape index (κ1) is 18.9. The second-order valence-electron chi connectivity index (χ2n) is 5.73. The number of hydrogen-bond donors (Lipinski definition) is 1. The monoisotopic (exact) mass is 356 g/mol. The molecule has 1 unspecified atom stereocenters. The van der Waals surface area contributed by atoms with Crippen LogP contribution in [0.25, 0.3) is 11.4 Å². The van der Waals surface area contributed by atoms with E-state index >= 15 is 0 Å². The molecule has 0 bridgehead atoms. The number of amides is 1. The van der Waals surface area contributed by atoms with Crippen molar-refractivity contribution in [3.63, 3.8) is 0 Å². The van der Waals surface area contributed by atoms with Crippen LogP contribution in [0.2, 0.25) is 0 Å². The van der Waals surface area contributed by atoms with Crippen molar-refractivity contribution in [2.45, 2.75) is 26.1 Å². The lowest BCUT2D eigenvalue weighted by Gasteiger charge is -2.20. The number of rotatable bonds is 6. The van der Waals surface area contributed by atoms with Crippen LogP contribution in [0.3, 0.4) is 0 Å². The van der Waals surface area contributed by atoms with E-state index in [0.29, 0.717) is 17.7 Å². The van der Waals surface area contributed by atoms with Crippen LogP contribution < -0.4 is 5.32 Å². The molecule has 0 aliphatic rings. The van der Waals surface area contributed by atoms with Gasteiger partial charge in [0.1, 0.15) is 0 Å². The average Bonchev–Trinajstić information content (AvgIpc) is 3.05. The third kappa shape index (κ3) is 5.02. The fourth-order valence-corrected chi connectivity index (χ4v) is 2.18. The first-order chi connectivity index (χ1) is 11.7. The summed E-state index contributed by atoms with van der Waals surface area (Å²) in [6, 6.07) is 5.92. The van der Waals surface area contributed by atoms with Crippen molar-refractivity contribution in [3.8, 4) is 11.4 Å². The largest absolute Gasteiger partial charge is 0.471 e. The van der Waals surface area contributed by atoms with E-state index in [2.05, 4.69) is 24.9 Å². The Morgan fingerprint density at radius 2 is 1.96 bits per heavy atom. The molecule has 1 N–H and O–H groups in total. The van der Waals surface area contributed by atoms with Crippen LogP contribution in [0.4, 0.5) is 13.2 Å². The van der Waals surface area contributed by atoms with Gasteiger partial charge in [-0.1, -0.05) is 24.2 Å². The van der Waals surface area contributed by atoms with Crippen molar-refractivity contribution in [2.75, 3.05) is 20.1 Å². The number of carbonyl (C=O) groups excluding carboxylic acids is 1. The molecular formula is C16H19F3N4O2. The fraction of sp³-hybridized carbons (Fsp3) is 0.438. The zero-order valence-corrected chi connectivity index (χ0v) is 14.1. The van der Waals surface area contributed by atoms with Gasteiger partial charge in [0.25, 0.3) is 5.91 Å². The normalized spacial score (nSPS) is 13.1. The Morgan fingerprint density at radius 1 is 1.32 bits per heavy atom. The number of alkyl halides is 3. The van der Waals surface area contributed by atoms with Crippen molar-refractivity contribution >= 4 is 5.91 Å². The highest BCUT2D eigenvalue weighted by atomic mass is 19.4. The van der Waals surface area contributed by atoms with Gasteiger partial charge in [-0.3, -0.25) is 4.79 Å². The highest BCUT2D eigenvalue weighted by Gasteiger charge is 2.38. The number of aromatic nitrogens is 2. The number of benzene rings is 1. The minimum absolute atomic E-state index is 0.0383. The number of nitrogens with one attached hydrogen (secondary N) is 1. The quantitative estimate of drug-likeness (QED) is 0.862. The molecule has 1 amide bonds. The van der Waals surface area contributed by atoms with Gasteiger partial charge in [-0.25, -0.2) is 0 Å². The fourth-order valence-electron chi connectivity index (χ4n) is 2.18. The summed E-state index contributed by atoms with van der Waals surface area (Å²) < 4.78 is 41.6. The van der Waals surface area contributed by atoms with E-state index in [4.69, 9.17) is 0 Å². The topological polar surface area (TPSA) is 71.3 Å². The van der Waals surface area contributed by atoms with E-state index in [1.165, 1.54) is 24.3 Å². The first-order valence-corrected chi connectivity index (χ1v) is 7.71. The number of carbonyl (C=O) groups is 1. The van der Waals surface area contributed by atoms with E-state index in [1.807, 2.05) is 20.9 Å². The summed E-state index contributed by atoms with van der Waals surface area (Å²) in [4.78, 5) is 17.6. The molecule has 0 saturated heterocycles. The Balaban J connectivity index is 2.04.